The Hall–Kier alpha value is -2.21. The van der Waals surface area contributed by atoms with Crippen LogP contribution in [0.1, 0.15) is 18.3 Å². The molecule has 0 fully saturated rings. The molecule has 0 bridgehead atoms. The summed E-state index contributed by atoms with van der Waals surface area (Å²) in [4.78, 5) is 8.19. The highest BCUT2D eigenvalue weighted by Gasteiger charge is 2.06. The molecule has 1 aromatic heterocycles. The van der Waals surface area contributed by atoms with Crippen molar-refractivity contribution in [3.63, 3.8) is 0 Å². The van der Waals surface area contributed by atoms with Gasteiger partial charge < -0.3 is 15.2 Å². The highest BCUT2D eigenvalue weighted by Crippen LogP contribution is 2.15. The summed E-state index contributed by atoms with van der Waals surface area (Å²) >= 11 is 0. The van der Waals surface area contributed by atoms with Crippen LogP contribution in [0.5, 0.6) is 5.88 Å². The first kappa shape index (κ1) is 14.2. The molecule has 5 nitrogen and oxygen atoms in total. The first-order chi connectivity index (χ1) is 9.69. The lowest BCUT2D eigenvalue weighted by molar-refractivity contribution is 0.127. The van der Waals surface area contributed by atoms with Crippen LogP contribution in [0.15, 0.2) is 30.3 Å². The fourth-order valence-corrected chi connectivity index (χ4v) is 1.59. The van der Waals surface area contributed by atoms with Gasteiger partial charge >= 0.3 is 0 Å². The summed E-state index contributed by atoms with van der Waals surface area (Å²) in [5, 5.41) is 0. The molecule has 0 aliphatic rings. The van der Waals surface area contributed by atoms with Gasteiger partial charge in [0.05, 0.1) is 0 Å². The van der Waals surface area contributed by atoms with Crippen LogP contribution in [0.2, 0.25) is 0 Å². The Bertz CT molecular complexity index is 578. The monoisotopic (exact) mass is 277 g/mol. The third-order valence-corrected chi connectivity index (χ3v) is 2.54. The molecule has 106 valence electrons. The quantitative estimate of drug-likeness (QED) is 0.877. The number of nitrogens with two attached hydrogens (primary N) is 1. The minimum Gasteiger partial charge on any atom is -0.473 e. The van der Waals surface area contributed by atoms with Gasteiger partial charge in [-0.15, -0.1) is 0 Å². The lowest BCUT2D eigenvalue weighted by Gasteiger charge is -2.08. The number of hydrogen-bond acceptors (Lipinski definition) is 5. The lowest BCUT2D eigenvalue weighted by atomic mass is 10.2. The summed E-state index contributed by atoms with van der Waals surface area (Å²) in [5.74, 6) is 0.716. The van der Waals surface area contributed by atoms with Gasteiger partial charge in [0.2, 0.25) is 5.88 Å². The van der Waals surface area contributed by atoms with Gasteiger partial charge in [-0.05, 0) is 13.0 Å². The molecule has 1 heterocycles. The largest absolute Gasteiger partial charge is 0.473 e. The molecule has 0 atom stereocenters. The Labute approximate surface area is 116 Å². The van der Waals surface area contributed by atoms with Gasteiger partial charge in [0.1, 0.15) is 24.8 Å². The van der Waals surface area contributed by atoms with Gasteiger partial charge in [-0.3, -0.25) is 0 Å². The lowest BCUT2D eigenvalue weighted by Crippen LogP contribution is -2.06. The van der Waals surface area contributed by atoms with Crippen molar-refractivity contribution >= 4 is 5.82 Å². The average molecular weight is 277 g/mol. The number of rotatable bonds is 6. The molecule has 0 radical (unpaired) electrons. The Kier molecular flexibility index (Phi) is 4.84. The number of nitrogens with zero attached hydrogens (tertiary/aromatic N) is 2. The van der Waals surface area contributed by atoms with Crippen LogP contribution >= 0.6 is 0 Å². The smallest absolute Gasteiger partial charge is 0.219 e. The van der Waals surface area contributed by atoms with Crippen molar-refractivity contribution in [3.8, 4) is 5.88 Å². The van der Waals surface area contributed by atoms with Gasteiger partial charge in [0, 0.05) is 18.2 Å². The molecule has 0 aliphatic carbocycles. The summed E-state index contributed by atoms with van der Waals surface area (Å²) in [6, 6.07) is 7.91. The van der Waals surface area contributed by atoms with Crippen molar-refractivity contribution in [1.29, 1.82) is 0 Å². The third-order valence-electron chi connectivity index (χ3n) is 2.54. The number of aromatic nitrogens is 2. The van der Waals surface area contributed by atoms with Gasteiger partial charge in [-0.25, -0.2) is 9.37 Å². The normalized spacial score (nSPS) is 10.5. The molecule has 0 spiro atoms. The van der Waals surface area contributed by atoms with Crippen LogP contribution < -0.4 is 10.5 Å². The number of halogens is 1. The van der Waals surface area contributed by atoms with Crippen LogP contribution in [0.25, 0.3) is 0 Å². The summed E-state index contributed by atoms with van der Waals surface area (Å²) in [6.45, 7) is 2.78. The van der Waals surface area contributed by atoms with E-state index in [9.17, 15) is 4.39 Å². The van der Waals surface area contributed by atoms with E-state index in [0.29, 0.717) is 29.7 Å². The fraction of sp³-hybridized carbons (Fsp3) is 0.286. The zero-order chi connectivity index (χ0) is 14.4. The average Bonchev–Trinajstić information content (AvgIpc) is 2.44. The predicted octanol–water partition coefficient (Wildman–Crippen LogP) is 2.31. The first-order valence-corrected chi connectivity index (χ1v) is 6.26. The van der Waals surface area contributed by atoms with Crippen LogP contribution in [0, 0.1) is 5.82 Å². The van der Waals surface area contributed by atoms with Crippen molar-refractivity contribution in [1.82, 2.24) is 9.97 Å². The van der Waals surface area contributed by atoms with Crippen LogP contribution in [0.3, 0.4) is 0 Å². The summed E-state index contributed by atoms with van der Waals surface area (Å²) < 4.78 is 24.1. The molecule has 0 saturated carbocycles. The summed E-state index contributed by atoms with van der Waals surface area (Å²) in [5.41, 5.74) is 6.12. The second kappa shape index (κ2) is 6.81. The maximum Gasteiger partial charge on any atom is 0.219 e. The number of nitrogen functional groups attached to an aromatic ring is 1. The van der Waals surface area contributed by atoms with Crippen molar-refractivity contribution < 1.29 is 13.9 Å². The topological polar surface area (TPSA) is 70.3 Å². The molecule has 20 heavy (non-hydrogen) atoms. The van der Waals surface area contributed by atoms with Crippen LogP contribution in [-0.4, -0.2) is 16.6 Å². The molecule has 0 unspecified atom stereocenters. The standard InChI is InChI=1S/C14H16FN3O2/c1-2-19-9-13-17-12(16)7-14(18-13)20-8-10-5-3-4-6-11(10)15/h3-7H,2,8-9H2,1H3,(H2,16,17,18). The highest BCUT2D eigenvalue weighted by atomic mass is 19.1. The molecule has 6 heteroatoms. The van der Waals surface area contributed by atoms with Crippen molar-refractivity contribution in [2.45, 2.75) is 20.1 Å². The molecular weight excluding hydrogens is 261 g/mol. The molecule has 0 saturated heterocycles. The van der Waals surface area contributed by atoms with E-state index in [4.69, 9.17) is 15.2 Å². The van der Waals surface area contributed by atoms with E-state index in [-0.39, 0.29) is 19.0 Å². The molecule has 2 aromatic rings. The fourth-order valence-electron chi connectivity index (χ4n) is 1.59. The molecular formula is C14H16FN3O2. The minimum absolute atomic E-state index is 0.0806. The van der Waals surface area contributed by atoms with Crippen molar-refractivity contribution in [2.24, 2.45) is 0 Å². The van der Waals surface area contributed by atoms with E-state index in [2.05, 4.69) is 9.97 Å². The molecule has 2 N–H and O–H groups in total. The maximum absolute atomic E-state index is 13.5. The second-order valence-corrected chi connectivity index (χ2v) is 4.06. The van der Waals surface area contributed by atoms with E-state index in [0.717, 1.165) is 0 Å². The molecule has 1 aromatic carbocycles. The van der Waals surface area contributed by atoms with Gasteiger partial charge in [-0.2, -0.15) is 4.98 Å². The predicted molar refractivity (Wildman–Crippen MR) is 72.5 cm³/mol. The maximum atomic E-state index is 13.5. The molecule has 0 aliphatic heterocycles. The third kappa shape index (κ3) is 3.89. The SMILES string of the molecule is CCOCc1nc(N)cc(OCc2ccccc2F)n1. The Balaban J connectivity index is 2.05. The highest BCUT2D eigenvalue weighted by molar-refractivity contribution is 5.33. The molecule has 0 amide bonds. The number of ether oxygens (including phenoxy) is 2. The minimum atomic E-state index is -0.316. The van der Waals surface area contributed by atoms with Crippen LogP contribution in [0.4, 0.5) is 10.2 Å². The van der Waals surface area contributed by atoms with Crippen molar-refractivity contribution in [2.75, 3.05) is 12.3 Å². The number of anilines is 1. The van der Waals surface area contributed by atoms with Gasteiger partial charge in [0.25, 0.3) is 0 Å². The Morgan fingerprint density at radius 3 is 2.75 bits per heavy atom. The number of benzene rings is 1. The van der Waals surface area contributed by atoms with E-state index < -0.39 is 0 Å². The first-order valence-electron chi connectivity index (χ1n) is 6.26. The van der Waals surface area contributed by atoms with Gasteiger partial charge in [-0.1, -0.05) is 18.2 Å². The van der Waals surface area contributed by atoms with E-state index >= 15 is 0 Å². The van der Waals surface area contributed by atoms with E-state index in [1.807, 2.05) is 6.92 Å². The number of hydrogen-bond donors (Lipinski definition) is 1. The second-order valence-electron chi connectivity index (χ2n) is 4.06. The summed E-state index contributed by atoms with van der Waals surface area (Å²) in [6.07, 6.45) is 0. The summed E-state index contributed by atoms with van der Waals surface area (Å²) in [7, 11) is 0. The van der Waals surface area contributed by atoms with Gasteiger partial charge in [0.15, 0.2) is 5.82 Å². The Morgan fingerprint density at radius 2 is 2.00 bits per heavy atom. The molecule has 2 rings (SSSR count). The zero-order valence-electron chi connectivity index (χ0n) is 11.2. The zero-order valence-corrected chi connectivity index (χ0v) is 11.2. The van der Waals surface area contributed by atoms with Crippen LogP contribution in [-0.2, 0) is 18.0 Å². The van der Waals surface area contributed by atoms with E-state index in [1.54, 1.807) is 18.2 Å². The van der Waals surface area contributed by atoms with E-state index in [1.165, 1.54) is 12.1 Å². The van der Waals surface area contributed by atoms with Crippen molar-refractivity contribution in [3.05, 3.63) is 47.5 Å². The Morgan fingerprint density at radius 1 is 1.20 bits per heavy atom.